The van der Waals surface area contributed by atoms with Crippen LogP contribution in [0.1, 0.15) is 15.9 Å². The summed E-state index contributed by atoms with van der Waals surface area (Å²) in [7, 11) is 0. The van der Waals surface area contributed by atoms with Crippen LogP contribution in [0.5, 0.6) is 0 Å². The van der Waals surface area contributed by atoms with Gasteiger partial charge in [-0.3, -0.25) is 14.9 Å². The number of benzene rings is 3. The van der Waals surface area contributed by atoms with Gasteiger partial charge in [0.1, 0.15) is 5.69 Å². The van der Waals surface area contributed by atoms with E-state index in [4.69, 9.17) is 0 Å². The molecule has 0 aliphatic rings. The number of carbonyl (C=O) groups is 1. The Morgan fingerprint density at radius 1 is 1.00 bits per heavy atom. The topological polar surface area (TPSA) is 72.2 Å². The van der Waals surface area contributed by atoms with Gasteiger partial charge < -0.3 is 5.32 Å². The van der Waals surface area contributed by atoms with E-state index in [2.05, 4.69) is 5.32 Å². The lowest BCUT2D eigenvalue weighted by Crippen LogP contribution is -2.14. The highest BCUT2D eigenvalue weighted by atomic mass is 16.6. The summed E-state index contributed by atoms with van der Waals surface area (Å²) in [5.74, 6) is -0.367. The summed E-state index contributed by atoms with van der Waals surface area (Å²) >= 11 is 0. The lowest BCUT2D eigenvalue weighted by molar-refractivity contribution is -0.383. The van der Waals surface area contributed by atoms with Gasteiger partial charge in [-0.2, -0.15) is 0 Å². The van der Waals surface area contributed by atoms with Gasteiger partial charge in [-0.25, -0.2) is 0 Å². The summed E-state index contributed by atoms with van der Waals surface area (Å²) < 4.78 is 0. The Morgan fingerprint density at radius 3 is 2.48 bits per heavy atom. The van der Waals surface area contributed by atoms with Gasteiger partial charge in [-0.05, 0) is 35.4 Å². The molecule has 0 fully saturated rings. The van der Waals surface area contributed by atoms with E-state index in [0.717, 1.165) is 10.8 Å². The van der Waals surface area contributed by atoms with Gasteiger partial charge in [0.15, 0.2) is 0 Å². The van der Waals surface area contributed by atoms with Crippen molar-refractivity contribution >= 4 is 28.1 Å². The van der Waals surface area contributed by atoms with E-state index in [1.807, 2.05) is 30.3 Å². The molecular weight excluding hydrogens is 292 g/mol. The Bertz CT molecular complexity index is 919. The molecule has 0 heterocycles. The molecule has 5 heteroatoms. The van der Waals surface area contributed by atoms with Crippen LogP contribution in [-0.2, 0) is 0 Å². The van der Waals surface area contributed by atoms with E-state index >= 15 is 0 Å². The van der Waals surface area contributed by atoms with Crippen molar-refractivity contribution in [1.82, 2.24) is 0 Å². The fourth-order valence-electron chi connectivity index (χ4n) is 2.48. The maximum Gasteiger partial charge on any atom is 0.293 e. The first kappa shape index (κ1) is 14.7. The van der Waals surface area contributed by atoms with E-state index in [1.54, 1.807) is 31.2 Å². The third-order valence-corrected chi connectivity index (χ3v) is 3.70. The fraction of sp³-hybridized carbons (Fsp3) is 0.0556. The summed E-state index contributed by atoms with van der Waals surface area (Å²) in [4.78, 5) is 23.1. The number of anilines is 1. The quantitative estimate of drug-likeness (QED) is 0.579. The lowest BCUT2D eigenvalue weighted by Gasteiger charge is -2.09. The summed E-state index contributed by atoms with van der Waals surface area (Å²) in [5, 5.41) is 15.8. The monoisotopic (exact) mass is 306 g/mol. The highest BCUT2D eigenvalue weighted by molar-refractivity contribution is 6.07. The fourth-order valence-corrected chi connectivity index (χ4v) is 2.48. The first-order chi connectivity index (χ1) is 11.1. The van der Waals surface area contributed by atoms with Crippen LogP contribution in [-0.4, -0.2) is 10.8 Å². The number of hydrogen-bond donors (Lipinski definition) is 1. The molecule has 0 aromatic heterocycles. The van der Waals surface area contributed by atoms with Crippen molar-refractivity contribution < 1.29 is 9.72 Å². The molecule has 0 radical (unpaired) electrons. The van der Waals surface area contributed by atoms with Crippen molar-refractivity contribution in [3.8, 4) is 0 Å². The molecule has 0 unspecified atom stereocenters. The van der Waals surface area contributed by atoms with Crippen LogP contribution in [0.25, 0.3) is 10.8 Å². The number of fused-ring (bicyclic) bond motifs is 1. The Hall–Kier alpha value is -3.21. The summed E-state index contributed by atoms with van der Waals surface area (Å²) in [5.41, 5.74) is 1.23. The van der Waals surface area contributed by atoms with E-state index in [0.29, 0.717) is 11.1 Å². The molecule has 0 spiro atoms. The van der Waals surface area contributed by atoms with Crippen LogP contribution in [0, 0.1) is 17.0 Å². The van der Waals surface area contributed by atoms with Crippen LogP contribution in [0.2, 0.25) is 0 Å². The van der Waals surface area contributed by atoms with Crippen LogP contribution < -0.4 is 5.32 Å². The molecule has 5 nitrogen and oxygen atoms in total. The molecule has 3 rings (SSSR count). The first-order valence-corrected chi connectivity index (χ1v) is 7.10. The SMILES string of the molecule is Cc1cccc([N+](=O)[O-])c1NC(=O)c1ccc2ccccc2c1. The average Bonchev–Trinajstić information content (AvgIpc) is 2.56. The number of nitrogens with zero attached hydrogens (tertiary/aromatic N) is 1. The Labute approximate surface area is 132 Å². The van der Waals surface area contributed by atoms with Gasteiger partial charge in [-0.1, -0.05) is 42.5 Å². The maximum absolute atomic E-state index is 12.5. The number of para-hydroxylation sites is 1. The van der Waals surface area contributed by atoms with Crippen molar-refractivity contribution in [3.63, 3.8) is 0 Å². The predicted molar refractivity (Wildman–Crippen MR) is 89.7 cm³/mol. The predicted octanol–water partition coefficient (Wildman–Crippen LogP) is 4.31. The molecule has 0 bridgehead atoms. The van der Waals surface area contributed by atoms with Gasteiger partial charge in [0.25, 0.3) is 11.6 Å². The molecule has 3 aromatic carbocycles. The third kappa shape index (κ3) is 2.89. The molecule has 0 saturated heterocycles. The van der Waals surface area contributed by atoms with Crippen LogP contribution in [0.3, 0.4) is 0 Å². The van der Waals surface area contributed by atoms with E-state index in [-0.39, 0.29) is 17.3 Å². The molecule has 1 N–H and O–H groups in total. The van der Waals surface area contributed by atoms with E-state index in [1.165, 1.54) is 6.07 Å². The molecular formula is C18H14N2O3. The number of carbonyl (C=O) groups excluding carboxylic acids is 1. The number of hydrogen-bond acceptors (Lipinski definition) is 3. The molecule has 1 amide bonds. The standard InChI is InChI=1S/C18H14N2O3/c1-12-5-4-8-16(20(22)23)17(12)19-18(21)15-10-9-13-6-2-3-7-14(13)11-15/h2-11H,1H3,(H,19,21). The van der Waals surface area contributed by atoms with Crippen molar-refractivity contribution in [2.75, 3.05) is 5.32 Å². The minimum Gasteiger partial charge on any atom is -0.316 e. The van der Waals surface area contributed by atoms with Gasteiger partial charge in [0.2, 0.25) is 0 Å². The highest BCUT2D eigenvalue weighted by Crippen LogP contribution is 2.28. The molecule has 0 atom stereocenters. The minimum absolute atomic E-state index is 0.112. The maximum atomic E-state index is 12.5. The Kier molecular flexibility index (Phi) is 3.76. The molecule has 0 aliphatic carbocycles. The van der Waals surface area contributed by atoms with Crippen LogP contribution >= 0.6 is 0 Å². The Morgan fingerprint density at radius 2 is 1.74 bits per heavy atom. The second-order valence-corrected chi connectivity index (χ2v) is 5.24. The Balaban J connectivity index is 1.96. The van der Waals surface area contributed by atoms with Crippen LogP contribution in [0.15, 0.2) is 60.7 Å². The van der Waals surface area contributed by atoms with Crippen molar-refractivity contribution in [2.24, 2.45) is 0 Å². The molecule has 0 saturated carbocycles. The summed E-state index contributed by atoms with van der Waals surface area (Å²) in [6.07, 6.45) is 0. The summed E-state index contributed by atoms with van der Waals surface area (Å²) in [6, 6.07) is 17.7. The number of aryl methyl sites for hydroxylation is 1. The van der Waals surface area contributed by atoms with Crippen molar-refractivity contribution in [1.29, 1.82) is 0 Å². The molecule has 0 aliphatic heterocycles. The smallest absolute Gasteiger partial charge is 0.293 e. The lowest BCUT2D eigenvalue weighted by atomic mass is 10.1. The second-order valence-electron chi connectivity index (χ2n) is 5.24. The zero-order valence-corrected chi connectivity index (χ0v) is 12.4. The number of nitro groups is 1. The molecule has 3 aromatic rings. The normalized spacial score (nSPS) is 10.5. The number of nitrogens with one attached hydrogen (secondary N) is 1. The van der Waals surface area contributed by atoms with Crippen LogP contribution in [0.4, 0.5) is 11.4 Å². The van der Waals surface area contributed by atoms with E-state index < -0.39 is 4.92 Å². The minimum atomic E-state index is -0.497. The van der Waals surface area contributed by atoms with Gasteiger partial charge in [0, 0.05) is 11.6 Å². The number of amides is 1. The van der Waals surface area contributed by atoms with Crippen molar-refractivity contribution in [3.05, 3.63) is 81.9 Å². The largest absolute Gasteiger partial charge is 0.316 e. The highest BCUT2D eigenvalue weighted by Gasteiger charge is 2.18. The average molecular weight is 306 g/mol. The second kappa shape index (κ2) is 5.88. The van der Waals surface area contributed by atoms with Gasteiger partial charge in [-0.15, -0.1) is 0 Å². The number of rotatable bonds is 3. The molecule has 23 heavy (non-hydrogen) atoms. The number of nitro benzene ring substituents is 1. The first-order valence-electron chi connectivity index (χ1n) is 7.10. The van der Waals surface area contributed by atoms with Crippen molar-refractivity contribution in [2.45, 2.75) is 6.92 Å². The molecule has 114 valence electrons. The zero-order chi connectivity index (χ0) is 16.4. The van der Waals surface area contributed by atoms with Gasteiger partial charge >= 0.3 is 0 Å². The zero-order valence-electron chi connectivity index (χ0n) is 12.4. The third-order valence-electron chi connectivity index (χ3n) is 3.70. The van der Waals surface area contributed by atoms with E-state index in [9.17, 15) is 14.9 Å². The summed E-state index contributed by atoms with van der Waals surface area (Å²) in [6.45, 7) is 1.73. The van der Waals surface area contributed by atoms with Gasteiger partial charge in [0.05, 0.1) is 4.92 Å².